The van der Waals surface area contributed by atoms with Gasteiger partial charge in [0.25, 0.3) is 0 Å². The number of furan rings is 2. The van der Waals surface area contributed by atoms with Crippen LogP contribution in [0, 0.1) is 5.92 Å². The third kappa shape index (κ3) is 4.87. The molecule has 0 radical (unpaired) electrons. The normalized spacial score (nSPS) is 14.5. The van der Waals surface area contributed by atoms with Crippen molar-refractivity contribution in [3.05, 3.63) is 78.8 Å². The van der Waals surface area contributed by atoms with E-state index in [0.717, 1.165) is 10.4 Å². The molecule has 4 aromatic rings. The van der Waals surface area contributed by atoms with Gasteiger partial charge in [-0.05, 0) is 48.7 Å². The fraction of sp³-hybridized carbons (Fsp3) is 0.192. The van der Waals surface area contributed by atoms with Crippen LogP contribution in [0.25, 0.3) is 28.2 Å². The van der Waals surface area contributed by atoms with Gasteiger partial charge in [0.05, 0.1) is 12.5 Å². The molecule has 0 bridgehead atoms. The second-order valence-electron chi connectivity index (χ2n) is 7.98. The van der Waals surface area contributed by atoms with Gasteiger partial charge in [-0.2, -0.15) is 0 Å². The Morgan fingerprint density at radius 2 is 1.68 bits per heavy atom. The van der Waals surface area contributed by atoms with Crippen molar-refractivity contribution in [1.29, 1.82) is 0 Å². The molecule has 1 saturated heterocycles. The molecule has 0 aliphatic carbocycles. The third-order valence-electron chi connectivity index (χ3n) is 5.75. The molecule has 2 amide bonds. The van der Waals surface area contributed by atoms with Crippen LogP contribution in [-0.2, 0) is 9.59 Å². The number of hydrogen-bond donors (Lipinski definition) is 1. The summed E-state index contributed by atoms with van der Waals surface area (Å²) in [5, 5.41) is 3.45. The lowest BCUT2D eigenvalue weighted by atomic mass is 9.96. The van der Waals surface area contributed by atoms with Crippen LogP contribution in [-0.4, -0.2) is 34.8 Å². The van der Waals surface area contributed by atoms with E-state index in [1.807, 2.05) is 54.6 Å². The van der Waals surface area contributed by atoms with E-state index in [1.54, 1.807) is 29.6 Å². The molecule has 0 atom stereocenters. The molecule has 8 heteroatoms. The van der Waals surface area contributed by atoms with Crippen LogP contribution in [0.2, 0.25) is 0 Å². The fourth-order valence-electron chi connectivity index (χ4n) is 3.94. The summed E-state index contributed by atoms with van der Waals surface area (Å²) in [7, 11) is 0. The summed E-state index contributed by atoms with van der Waals surface area (Å²) >= 11 is 1.35. The van der Waals surface area contributed by atoms with E-state index >= 15 is 0 Å². The number of carbonyl (C=O) groups excluding carboxylic acids is 2. The standard InChI is InChI=1S/C26H23N3O4S/c30-22(11-10-18-6-2-1-3-7-18)29-14-12-19(13-15-29)25(31)28-26-27-23(20-8-4-16-32-20)24(34-26)21-9-5-17-33-21/h1-11,16-17,19H,12-15H2,(H,27,28,31)/b11-10+. The van der Waals surface area contributed by atoms with E-state index in [1.165, 1.54) is 11.3 Å². The lowest BCUT2D eigenvalue weighted by molar-refractivity contribution is -0.130. The van der Waals surface area contributed by atoms with Gasteiger partial charge in [-0.15, -0.1) is 0 Å². The Labute approximate surface area is 200 Å². The van der Waals surface area contributed by atoms with Crippen LogP contribution in [0.3, 0.4) is 0 Å². The van der Waals surface area contributed by atoms with Gasteiger partial charge < -0.3 is 19.1 Å². The van der Waals surface area contributed by atoms with Crippen molar-refractivity contribution in [3.63, 3.8) is 0 Å². The number of thiazole rings is 1. The van der Waals surface area contributed by atoms with Gasteiger partial charge in [-0.25, -0.2) is 4.98 Å². The Bertz CT molecular complexity index is 1220. The zero-order valence-corrected chi connectivity index (χ0v) is 19.2. The van der Waals surface area contributed by atoms with Gasteiger partial charge in [0.1, 0.15) is 16.3 Å². The molecule has 0 unspecified atom stereocenters. The highest BCUT2D eigenvalue weighted by atomic mass is 32.1. The summed E-state index contributed by atoms with van der Waals surface area (Å²) in [4.78, 5) is 32.6. The van der Waals surface area contributed by atoms with Crippen molar-refractivity contribution in [2.24, 2.45) is 5.92 Å². The Balaban J connectivity index is 1.21. The summed E-state index contributed by atoms with van der Waals surface area (Å²) in [6.07, 6.45) is 7.82. The van der Waals surface area contributed by atoms with Crippen molar-refractivity contribution in [1.82, 2.24) is 9.88 Å². The van der Waals surface area contributed by atoms with Gasteiger partial charge in [0.15, 0.2) is 10.9 Å². The summed E-state index contributed by atoms with van der Waals surface area (Å²) in [5.74, 6) is 0.981. The van der Waals surface area contributed by atoms with Gasteiger partial charge in [-0.1, -0.05) is 41.7 Å². The number of rotatable bonds is 6. The minimum Gasteiger partial charge on any atom is -0.463 e. The van der Waals surface area contributed by atoms with Crippen LogP contribution < -0.4 is 5.32 Å². The van der Waals surface area contributed by atoms with Crippen molar-refractivity contribution < 1.29 is 18.4 Å². The molecule has 7 nitrogen and oxygen atoms in total. The minimum absolute atomic E-state index is 0.0335. The average molecular weight is 474 g/mol. The number of anilines is 1. The highest BCUT2D eigenvalue weighted by molar-refractivity contribution is 7.19. The Morgan fingerprint density at radius 1 is 0.971 bits per heavy atom. The topological polar surface area (TPSA) is 88.6 Å². The maximum atomic E-state index is 12.9. The Kier molecular flexibility index (Phi) is 6.40. The molecule has 0 saturated carbocycles. The van der Waals surface area contributed by atoms with Gasteiger partial charge in [-0.3, -0.25) is 9.59 Å². The number of hydrogen-bond acceptors (Lipinski definition) is 6. The molecule has 1 aliphatic heterocycles. The number of piperidine rings is 1. The summed E-state index contributed by atoms with van der Waals surface area (Å²) in [5.41, 5.74) is 1.61. The number of amides is 2. The number of nitrogens with one attached hydrogen (secondary N) is 1. The third-order valence-corrected chi connectivity index (χ3v) is 6.74. The van der Waals surface area contributed by atoms with Crippen molar-refractivity contribution in [3.8, 4) is 22.1 Å². The number of benzene rings is 1. The van der Waals surface area contributed by atoms with E-state index in [-0.39, 0.29) is 17.7 Å². The summed E-state index contributed by atoms with van der Waals surface area (Å²) in [6.45, 7) is 1.09. The molecule has 3 aromatic heterocycles. The number of nitrogens with zero attached hydrogens (tertiary/aromatic N) is 2. The summed E-state index contributed by atoms with van der Waals surface area (Å²) in [6, 6.07) is 17.0. The van der Waals surface area contributed by atoms with E-state index in [0.29, 0.717) is 48.3 Å². The first kappa shape index (κ1) is 21.9. The Morgan fingerprint density at radius 3 is 2.35 bits per heavy atom. The highest BCUT2D eigenvalue weighted by Crippen LogP contribution is 2.39. The molecular weight excluding hydrogens is 450 g/mol. The van der Waals surface area contributed by atoms with Crippen LogP contribution in [0.4, 0.5) is 5.13 Å². The summed E-state index contributed by atoms with van der Waals surface area (Å²) < 4.78 is 11.1. The molecule has 1 aliphatic rings. The largest absolute Gasteiger partial charge is 0.463 e. The van der Waals surface area contributed by atoms with E-state index in [9.17, 15) is 9.59 Å². The lowest BCUT2D eigenvalue weighted by Crippen LogP contribution is -2.40. The predicted octanol–water partition coefficient (Wildman–Crippen LogP) is 5.55. The van der Waals surface area contributed by atoms with E-state index in [2.05, 4.69) is 10.3 Å². The van der Waals surface area contributed by atoms with Crippen LogP contribution >= 0.6 is 11.3 Å². The maximum Gasteiger partial charge on any atom is 0.246 e. The molecule has 5 rings (SSSR count). The molecule has 1 aromatic carbocycles. The second kappa shape index (κ2) is 9.93. The molecule has 4 heterocycles. The van der Waals surface area contributed by atoms with Crippen LogP contribution in [0.5, 0.6) is 0 Å². The predicted molar refractivity (Wildman–Crippen MR) is 131 cm³/mol. The number of carbonyl (C=O) groups is 2. The van der Waals surface area contributed by atoms with Crippen LogP contribution in [0.15, 0.2) is 82.0 Å². The SMILES string of the molecule is O=C(Nc1nc(-c2ccco2)c(-c2ccco2)s1)C1CCN(C(=O)/C=C/c2ccccc2)CC1. The monoisotopic (exact) mass is 473 g/mol. The minimum atomic E-state index is -0.176. The van der Waals surface area contributed by atoms with Crippen molar-refractivity contribution in [2.45, 2.75) is 12.8 Å². The van der Waals surface area contributed by atoms with Gasteiger partial charge >= 0.3 is 0 Å². The maximum absolute atomic E-state index is 12.9. The molecule has 1 fully saturated rings. The van der Waals surface area contributed by atoms with E-state index in [4.69, 9.17) is 8.83 Å². The highest BCUT2D eigenvalue weighted by Gasteiger charge is 2.28. The fourth-order valence-corrected chi connectivity index (χ4v) is 4.88. The average Bonchev–Trinajstić information content (AvgIpc) is 3.65. The molecule has 34 heavy (non-hydrogen) atoms. The quantitative estimate of drug-likeness (QED) is 0.371. The first-order chi connectivity index (χ1) is 16.7. The Hall–Kier alpha value is -3.91. The van der Waals surface area contributed by atoms with E-state index < -0.39 is 0 Å². The first-order valence-electron chi connectivity index (χ1n) is 11.1. The lowest BCUT2D eigenvalue weighted by Gasteiger charge is -2.30. The van der Waals surface area contributed by atoms with Crippen LogP contribution in [0.1, 0.15) is 18.4 Å². The zero-order valence-electron chi connectivity index (χ0n) is 18.3. The van der Waals surface area contributed by atoms with Gasteiger partial charge in [0.2, 0.25) is 11.8 Å². The zero-order chi connectivity index (χ0) is 23.3. The molecule has 0 spiro atoms. The van der Waals surface area contributed by atoms with Crippen molar-refractivity contribution in [2.75, 3.05) is 18.4 Å². The number of aromatic nitrogens is 1. The van der Waals surface area contributed by atoms with Crippen molar-refractivity contribution >= 4 is 34.4 Å². The first-order valence-corrected chi connectivity index (χ1v) is 11.9. The smallest absolute Gasteiger partial charge is 0.246 e. The molecular formula is C26H23N3O4S. The second-order valence-corrected chi connectivity index (χ2v) is 8.98. The molecule has 172 valence electrons. The number of likely N-dealkylation sites (tertiary alicyclic amines) is 1. The molecule has 1 N–H and O–H groups in total. The van der Waals surface area contributed by atoms with Gasteiger partial charge in [0, 0.05) is 25.1 Å².